The first-order chi connectivity index (χ1) is 4.54. The van der Waals surface area contributed by atoms with Gasteiger partial charge >= 0.3 is 0 Å². The van der Waals surface area contributed by atoms with E-state index < -0.39 is 0 Å². The van der Waals surface area contributed by atoms with Crippen LogP contribution in [0.15, 0.2) is 12.2 Å². The quantitative estimate of drug-likeness (QED) is 0.438. The number of hydrogen-bond donors (Lipinski definition) is 0. The van der Waals surface area contributed by atoms with E-state index in [2.05, 4.69) is 26.8 Å². The molecule has 0 aromatic carbocycles. The van der Waals surface area contributed by atoms with Crippen LogP contribution in [0.25, 0.3) is 0 Å². The number of allylic oxidation sites excluding steroid dienone is 2. The van der Waals surface area contributed by atoms with Crippen molar-refractivity contribution in [3.63, 3.8) is 0 Å². The van der Waals surface area contributed by atoms with Gasteiger partial charge in [0.2, 0.25) is 0 Å². The molecule has 10 heavy (non-hydrogen) atoms. The van der Waals surface area contributed by atoms with Gasteiger partial charge in [-0.15, -0.1) is 11.6 Å². The Morgan fingerprint density at radius 3 is 1.80 bits per heavy atom. The molecule has 60 valence electrons. The van der Waals surface area contributed by atoms with Crippen LogP contribution >= 0.6 is 11.6 Å². The summed E-state index contributed by atoms with van der Waals surface area (Å²) in [5.74, 6) is 1.35. The molecule has 0 spiro atoms. The van der Waals surface area contributed by atoms with Crippen molar-refractivity contribution in [3.05, 3.63) is 12.2 Å². The van der Waals surface area contributed by atoms with Gasteiger partial charge in [0.05, 0.1) is 0 Å². The number of hydrogen-bond acceptors (Lipinski definition) is 0. The Morgan fingerprint density at radius 2 is 1.50 bits per heavy atom. The van der Waals surface area contributed by atoms with Crippen LogP contribution in [0.4, 0.5) is 0 Å². The van der Waals surface area contributed by atoms with E-state index in [1.807, 2.05) is 13.0 Å². The van der Waals surface area contributed by atoms with Gasteiger partial charge in [0, 0.05) is 5.38 Å². The minimum absolute atomic E-state index is 0.168. The van der Waals surface area contributed by atoms with E-state index in [4.69, 9.17) is 11.6 Å². The Labute approximate surface area is 69.3 Å². The van der Waals surface area contributed by atoms with Crippen molar-refractivity contribution in [2.45, 2.75) is 33.1 Å². The Morgan fingerprint density at radius 1 is 1.00 bits per heavy atom. The molecule has 0 aliphatic rings. The molecule has 0 saturated carbocycles. The van der Waals surface area contributed by atoms with E-state index >= 15 is 0 Å². The zero-order valence-electron chi connectivity index (χ0n) is 7.26. The van der Waals surface area contributed by atoms with Crippen molar-refractivity contribution in [2.75, 3.05) is 0 Å². The molecule has 0 bridgehead atoms. The van der Waals surface area contributed by atoms with Crippen LogP contribution in [-0.4, -0.2) is 5.38 Å². The van der Waals surface area contributed by atoms with Crippen LogP contribution < -0.4 is 0 Å². The highest BCUT2D eigenvalue weighted by Crippen LogP contribution is 2.11. The summed E-state index contributed by atoms with van der Waals surface area (Å²) >= 11 is 5.74. The fourth-order valence-electron chi connectivity index (χ4n) is 0.551. The molecule has 2 unspecified atom stereocenters. The van der Waals surface area contributed by atoms with Crippen LogP contribution in [0.5, 0.6) is 0 Å². The van der Waals surface area contributed by atoms with Gasteiger partial charge in [0.25, 0.3) is 0 Å². The summed E-state index contributed by atoms with van der Waals surface area (Å²) in [6.07, 6.45) is 4.23. The highest BCUT2D eigenvalue weighted by molar-refractivity contribution is 6.21. The maximum Gasteiger partial charge on any atom is 0.0487 e. The van der Waals surface area contributed by atoms with Crippen LogP contribution in [0.2, 0.25) is 0 Å². The average molecular weight is 161 g/mol. The standard InChI is InChI=1S/C9H17Cl/c1-7(2)8(3)5-6-9(4)10/h5-9H,1-4H3/b6-5+. The summed E-state index contributed by atoms with van der Waals surface area (Å²) in [5.41, 5.74) is 0. The van der Waals surface area contributed by atoms with E-state index in [0.29, 0.717) is 11.8 Å². The average Bonchev–Trinajstić information content (AvgIpc) is 1.82. The molecule has 0 saturated heterocycles. The Bertz CT molecular complexity index is 103. The topological polar surface area (TPSA) is 0 Å². The van der Waals surface area contributed by atoms with Gasteiger partial charge in [0.1, 0.15) is 0 Å². The molecular formula is C9H17Cl. The summed E-state index contributed by atoms with van der Waals surface area (Å²) in [6.45, 7) is 8.62. The van der Waals surface area contributed by atoms with Gasteiger partial charge in [-0.1, -0.05) is 32.9 Å². The normalized spacial score (nSPS) is 18.2. The van der Waals surface area contributed by atoms with E-state index in [1.54, 1.807) is 0 Å². The molecule has 0 aliphatic carbocycles. The third-order valence-electron chi connectivity index (χ3n) is 1.73. The second-order valence-electron chi connectivity index (χ2n) is 3.17. The molecule has 0 fully saturated rings. The minimum Gasteiger partial charge on any atom is -0.119 e. The smallest absolute Gasteiger partial charge is 0.0487 e. The molecule has 0 rings (SSSR count). The van der Waals surface area contributed by atoms with Gasteiger partial charge in [-0.3, -0.25) is 0 Å². The summed E-state index contributed by atoms with van der Waals surface area (Å²) < 4.78 is 0. The lowest BCUT2D eigenvalue weighted by molar-refractivity contribution is 0.503. The van der Waals surface area contributed by atoms with Gasteiger partial charge in [0.15, 0.2) is 0 Å². The van der Waals surface area contributed by atoms with Crippen molar-refractivity contribution in [1.29, 1.82) is 0 Å². The highest BCUT2D eigenvalue weighted by atomic mass is 35.5. The monoisotopic (exact) mass is 160 g/mol. The minimum atomic E-state index is 0.168. The van der Waals surface area contributed by atoms with Gasteiger partial charge in [-0.2, -0.15) is 0 Å². The van der Waals surface area contributed by atoms with Crippen LogP contribution in [0, 0.1) is 11.8 Å². The second-order valence-corrected chi connectivity index (χ2v) is 3.85. The van der Waals surface area contributed by atoms with Gasteiger partial charge < -0.3 is 0 Å². The zero-order valence-corrected chi connectivity index (χ0v) is 8.02. The van der Waals surface area contributed by atoms with E-state index in [9.17, 15) is 0 Å². The molecular weight excluding hydrogens is 144 g/mol. The summed E-state index contributed by atoms with van der Waals surface area (Å²) in [7, 11) is 0. The predicted molar refractivity (Wildman–Crippen MR) is 48.5 cm³/mol. The van der Waals surface area contributed by atoms with Gasteiger partial charge in [-0.05, 0) is 18.8 Å². The third-order valence-corrected chi connectivity index (χ3v) is 1.88. The first-order valence-corrected chi connectivity index (χ1v) is 4.30. The van der Waals surface area contributed by atoms with Crippen molar-refractivity contribution >= 4 is 11.6 Å². The van der Waals surface area contributed by atoms with E-state index in [0.717, 1.165) is 0 Å². The van der Waals surface area contributed by atoms with Crippen LogP contribution in [0.3, 0.4) is 0 Å². The maximum atomic E-state index is 5.74. The molecule has 0 N–H and O–H groups in total. The molecule has 0 aromatic heterocycles. The molecule has 0 amide bonds. The van der Waals surface area contributed by atoms with E-state index in [1.165, 1.54) is 0 Å². The molecule has 1 heteroatoms. The van der Waals surface area contributed by atoms with Crippen LogP contribution in [-0.2, 0) is 0 Å². The predicted octanol–water partition coefficient (Wildman–Crippen LogP) is 3.46. The van der Waals surface area contributed by atoms with Crippen molar-refractivity contribution in [2.24, 2.45) is 11.8 Å². The molecule has 2 atom stereocenters. The second kappa shape index (κ2) is 4.79. The lowest BCUT2D eigenvalue weighted by Crippen LogP contribution is -2.00. The van der Waals surface area contributed by atoms with Gasteiger partial charge in [-0.25, -0.2) is 0 Å². The van der Waals surface area contributed by atoms with E-state index in [-0.39, 0.29) is 5.38 Å². The first-order valence-electron chi connectivity index (χ1n) is 3.86. The molecule has 0 nitrogen and oxygen atoms in total. The number of alkyl halides is 1. The lowest BCUT2D eigenvalue weighted by Gasteiger charge is -2.09. The molecule has 0 aliphatic heterocycles. The maximum absolute atomic E-state index is 5.74. The lowest BCUT2D eigenvalue weighted by atomic mass is 9.98. The summed E-state index contributed by atoms with van der Waals surface area (Å²) in [5, 5.41) is 0.168. The number of halogens is 1. The molecule has 0 aromatic rings. The Hall–Kier alpha value is 0.0300. The van der Waals surface area contributed by atoms with Crippen LogP contribution in [0.1, 0.15) is 27.7 Å². The first kappa shape index (κ1) is 10.0. The molecule has 0 radical (unpaired) electrons. The fourth-order valence-corrected chi connectivity index (χ4v) is 0.635. The molecule has 0 heterocycles. The summed E-state index contributed by atoms with van der Waals surface area (Å²) in [4.78, 5) is 0. The fraction of sp³-hybridized carbons (Fsp3) is 0.778. The number of rotatable bonds is 3. The van der Waals surface area contributed by atoms with Crippen molar-refractivity contribution in [1.82, 2.24) is 0 Å². The third kappa shape index (κ3) is 4.87. The Kier molecular flexibility index (Phi) is 4.80. The van der Waals surface area contributed by atoms with Crippen molar-refractivity contribution in [3.8, 4) is 0 Å². The Balaban J connectivity index is 3.66. The highest BCUT2D eigenvalue weighted by Gasteiger charge is 2.01. The summed E-state index contributed by atoms with van der Waals surface area (Å²) in [6, 6.07) is 0. The largest absolute Gasteiger partial charge is 0.119 e. The van der Waals surface area contributed by atoms with Crippen molar-refractivity contribution < 1.29 is 0 Å². The SMILES string of the molecule is CC(Cl)/C=C/C(C)C(C)C. The zero-order chi connectivity index (χ0) is 8.15.